The molecule has 0 aliphatic carbocycles. The van der Waals surface area contributed by atoms with Crippen molar-refractivity contribution in [3.8, 4) is 0 Å². The van der Waals surface area contributed by atoms with Crippen LogP contribution < -0.4 is 0 Å². The molecule has 1 atom stereocenters. The molecule has 0 bridgehead atoms. The molecule has 0 aromatic rings. The van der Waals surface area contributed by atoms with Gasteiger partial charge in [-0.2, -0.15) is 0 Å². The summed E-state index contributed by atoms with van der Waals surface area (Å²) in [6, 6.07) is 0. The van der Waals surface area contributed by atoms with Crippen LogP contribution >= 0.6 is 0 Å². The van der Waals surface area contributed by atoms with Crippen LogP contribution in [-0.2, 0) is 3.07 Å². The van der Waals surface area contributed by atoms with Gasteiger partial charge in [0.15, 0.2) is 0 Å². The summed E-state index contributed by atoms with van der Waals surface area (Å²) >= 11 is 0.180. The molecule has 3 heteroatoms. The van der Waals surface area contributed by atoms with Crippen molar-refractivity contribution in [1.29, 1.82) is 0 Å². The Balaban J connectivity index is 2.91. The first kappa shape index (κ1) is 13.7. The third-order valence-corrected chi connectivity index (χ3v) is 3.88. The van der Waals surface area contributed by atoms with Crippen LogP contribution in [0.1, 0.15) is 58.3 Å². The Hall–Kier alpha value is 0.719. The summed E-state index contributed by atoms with van der Waals surface area (Å²) in [5.74, 6) is 0. The molecule has 0 aromatic carbocycles. The fourth-order valence-corrected chi connectivity index (χ4v) is 2.07. The number of aliphatic hydroxyl groups excluding tert-OH is 1. The van der Waals surface area contributed by atoms with E-state index in [0.29, 0.717) is 0 Å². The summed E-state index contributed by atoms with van der Waals surface area (Å²) < 4.78 is 4.96. The van der Waals surface area contributed by atoms with Gasteiger partial charge in [-0.15, -0.1) is 0 Å². The van der Waals surface area contributed by atoms with Crippen molar-refractivity contribution in [2.45, 2.75) is 64.6 Å². The molecule has 0 saturated heterocycles. The molecule has 13 heavy (non-hydrogen) atoms. The number of hydrogen-bond donors (Lipinski definition) is 1. The summed E-state index contributed by atoms with van der Waals surface area (Å²) in [7, 11) is 0. The molecule has 0 aromatic heterocycles. The molecule has 2 nitrogen and oxygen atoms in total. The summed E-state index contributed by atoms with van der Waals surface area (Å²) in [6.45, 7) is 2.24. The van der Waals surface area contributed by atoms with E-state index in [4.69, 9.17) is 8.18 Å². The molecule has 0 aliphatic rings. The van der Waals surface area contributed by atoms with Gasteiger partial charge in [0.25, 0.3) is 0 Å². The van der Waals surface area contributed by atoms with E-state index in [2.05, 4.69) is 6.92 Å². The predicted molar refractivity (Wildman–Crippen MR) is 59.6 cm³/mol. The first-order valence-corrected chi connectivity index (χ1v) is 7.85. The van der Waals surface area contributed by atoms with Crippen LogP contribution in [0.15, 0.2) is 0 Å². The van der Waals surface area contributed by atoms with Crippen molar-refractivity contribution < 1.29 is 8.18 Å². The van der Waals surface area contributed by atoms with Gasteiger partial charge < -0.3 is 0 Å². The molecule has 0 radical (unpaired) electrons. The second kappa shape index (κ2) is 10.8. The SMILES string of the molecule is CCCCCCCCCC(O)[O][SnH3]. The van der Waals surface area contributed by atoms with E-state index >= 15 is 0 Å². The van der Waals surface area contributed by atoms with E-state index < -0.39 is 6.29 Å². The second-order valence-electron chi connectivity index (χ2n) is 3.60. The molecule has 1 N–H and O–H groups in total. The van der Waals surface area contributed by atoms with Crippen LogP contribution in [0, 0.1) is 0 Å². The first-order valence-electron chi connectivity index (χ1n) is 5.52. The molecule has 1 unspecified atom stereocenters. The third kappa shape index (κ3) is 10.6. The van der Waals surface area contributed by atoms with Crippen molar-refractivity contribution in [1.82, 2.24) is 0 Å². The molecule has 0 saturated carbocycles. The molecule has 0 aliphatic heterocycles. The van der Waals surface area contributed by atoms with E-state index in [1.165, 1.54) is 38.5 Å². The van der Waals surface area contributed by atoms with E-state index in [0.717, 1.165) is 12.8 Å². The Kier molecular flexibility index (Phi) is 11.4. The van der Waals surface area contributed by atoms with E-state index in [1.54, 1.807) is 0 Å². The van der Waals surface area contributed by atoms with Crippen LogP contribution in [0.25, 0.3) is 0 Å². The van der Waals surface area contributed by atoms with Gasteiger partial charge in [-0.25, -0.2) is 0 Å². The van der Waals surface area contributed by atoms with Gasteiger partial charge in [0.2, 0.25) is 0 Å². The standard InChI is InChI=1S/C10H21O2.Sn.3H/c1-2-3-4-5-6-7-8-9-10(11)12;;;;/h10-11H,2-9H2,1H3;;;;/q-1;+1;;;. The maximum absolute atomic E-state index is 9.13. The van der Waals surface area contributed by atoms with Crippen molar-refractivity contribution in [2.24, 2.45) is 0 Å². The average Bonchev–Trinajstić information content (AvgIpc) is 2.16. The van der Waals surface area contributed by atoms with Crippen LogP contribution in [0.3, 0.4) is 0 Å². The summed E-state index contributed by atoms with van der Waals surface area (Å²) in [4.78, 5) is 0. The Morgan fingerprint density at radius 2 is 1.62 bits per heavy atom. The van der Waals surface area contributed by atoms with Crippen LogP contribution in [-0.4, -0.2) is 34.3 Å². The number of hydrogen-bond acceptors (Lipinski definition) is 2. The number of unbranched alkanes of at least 4 members (excludes halogenated alkanes) is 6. The van der Waals surface area contributed by atoms with Gasteiger partial charge in [0, 0.05) is 0 Å². The Bertz CT molecular complexity index is 98.9. The minimum absolute atomic E-state index is 0.180. The Labute approximate surface area is 95.7 Å². The van der Waals surface area contributed by atoms with Gasteiger partial charge in [-0.1, -0.05) is 0 Å². The molecule has 80 valence electrons. The fourth-order valence-electron chi connectivity index (χ4n) is 1.39. The van der Waals surface area contributed by atoms with Gasteiger partial charge in [-0.3, -0.25) is 0 Å². The van der Waals surface area contributed by atoms with Gasteiger partial charge in [-0.05, 0) is 0 Å². The van der Waals surface area contributed by atoms with Crippen molar-refractivity contribution in [2.75, 3.05) is 0 Å². The van der Waals surface area contributed by atoms with Crippen LogP contribution in [0.5, 0.6) is 0 Å². The molecule has 0 spiro atoms. The van der Waals surface area contributed by atoms with Gasteiger partial charge in [0.1, 0.15) is 0 Å². The summed E-state index contributed by atoms with van der Waals surface area (Å²) in [5, 5.41) is 9.13. The third-order valence-electron chi connectivity index (χ3n) is 2.33. The fraction of sp³-hybridized carbons (Fsp3) is 1.00. The summed E-state index contributed by atoms with van der Waals surface area (Å²) in [5.41, 5.74) is 0. The predicted octanol–water partition coefficient (Wildman–Crippen LogP) is 1.74. The molecule has 0 rings (SSSR count). The average molecular weight is 295 g/mol. The van der Waals surface area contributed by atoms with E-state index in [1.807, 2.05) is 0 Å². The molecule has 0 heterocycles. The molecular weight excluding hydrogens is 271 g/mol. The van der Waals surface area contributed by atoms with E-state index in [-0.39, 0.29) is 22.9 Å². The van der Waals surface area contributed by atoms with Crippen molar-refractivity contribution >= 4 is 22.9 Å². The summed E-state index contributed by atoms with van der Waals surface area (Å²) in [6.07, 6.45) is 9.49. The number of aliphatic hydroxyl groups is 1. The first-order chi connectivity index (χ1) is 6.31. The Morgan fingerprint density at radius 1 is 1.08 bits per heavy atom. The zero-order valence-electron chi connectivity index (χ0n) is 9.09. The number of rotatable bonds is 9. The zero-order chi connectivity index (χ0) is 9.94. The minimum atomic E-state index is -0.452. The quantitative estimate of drug-likeness (QED) is 0.399. The van der Waals surface area contributed by atoms with Crippen molar-refractivity contribution in [3.05, 3.63) is 0 Å². The maximum atomic E-state index is 9.13. The van der Waals surface area contributed by atoms with Crippen molar-refractivity contribution in [3.63, 3.8) is 0 Å². The normalized spacial score (nSPS) is 13.4. The van der Waals surface area contributed by atoms with Crippen LogP contribution in [0.4, 0.5) is 0 Å². The monoisotopic (exact) mass is 296 g/mol. The zero-order valence-corrected chi connectivity index (χ0v) is 14.8. The Morgan fingerprint density at radius 3 is 2.15 bits per heavy atom. The van der Waals surface area contributed by atoms with E-state index in [9.17, 15) is 0 Å². The van der Waals surface area contributed by atoms with Crippen LogP contribution in [0.2, 0.25) is 0 Å². The second-order valence-corrected chi connectivity index (χ2v) is 4.95. The van der Waals surface area contributed by atoms with Gasteiger partial charge in [0.05, 0.1) is 0 Å². The van der Waals surface area contributed by atoms with Gasteiger partial charge >= 0.3 is 95.7 Å². The molecule has 0 fully saturated rings. The molecular formula is C10H24O2Sn. The molecule has 0 amide bonds. The topological polar surface area (TPSA) is 29.5 Å².